The van der Waals surface area contributed by atoms with Gasteiger partial charge in [-0.05, 0) is 11.6 Å². The molecule has 0 radical (unpaired) electrons. The number of amides is 1. The molecular weight excluding hydrogens is 222 g/mol. The fraction of sp³-hybridized carbons (Fsp3) is 0.455. The summed E-state index contributed by atoms with van der Waals surface area (Å²) in [5.74, 6) is 0.157. The van der Waals surface area contributed by atoms with Crippen LogP contribution in [-0.2, 0) is 6.54 Å². The van der Waals surface area contributed by atoms with Gasteiger partial charge in [0, 0.05) is 26.3 Å². The molecule has 0 aliphatic carbocycles. The molecule has 0 spiro atoms. The summed E-state index contributed by atoms with van der Waals surface area (Å²) in [4.78, 5) is 15.5. The third-order valence-corrected chi connectivity index (χ3v) is 2.19. The van der Waals surface area contributed by atoms with Crippen molar-refractivity contribution in [3.05, 3.63) is 23.5 Å². The largest absolute Gasteiger partial charge is 0.494 e. The molecule has 0 aromatic carbocycles. The number of aliphatic hydroxyl groups is 1. The quantitative estimate of drug-likeness (QED) is 0.585. The number of hydrogen-bond acceptors (Lipinski definition) is 5. The summed E-state index contributed by atoms with van der Waals surface area (Å²) in [5.41, 5.74) is 1.16. The summed E-state index contributed by atoms with van der Waals surface area (Å²) >= 11 is 0. The number of ether oxygens (including phenoxy) is 1. The number of nitrogens with one attached hydrogen (secondary N) is 2. The third kappa shape index (κ3) is 3.69. The zero-order valence-electron chi connectivity index (χ0n) is 9.99. The van der Waals surface area contributed by atoms with E-state index in [1.807, 2.05) is 0 Å². The second kappa shape index (κ2) is 6.82. The van der Waals surface area contributed by atoms with Crippen LogP contribution in [-0.4, -0.2) is 43.3 Å². The summed E-state index contributed by atoms with van der Waals surface area (Å²) in [5, 5.41) is 14.2. The highest BCUT2D eigenvalue weighted by Gasteiger charge is 2.12. The maximum Gasteiger partial charge on any atom is 0.273 e. The van der Waals surface area contributed by atoms with Crippen molar-refractivity contribution in [2.45, 2.75) is 6.54 Å². The predicted octanol–water partition coefficient (Wildman–Crippen LogP) is -0.468. The van der Waals surface area contributed by atoms with Crippen LogP contribution in [0.15, 0.2) is 12.3 Å². The van der Waals surface area contributed by atoms with Crippen LogP contribution < -0.4 is 15.4 Å². The maximum absolute atomic E-state index is 11.5. The summed E-state index contributed by atoms with van der Waals surface area (Å²) in [7, 11) is 3.04. The molecule has 17 heavy (non-hydrogen) atoms. The first-order valence-corrected chi connectivity index (χ1v) is 5.29. The fourth-order valence-corrected chi connectivity index (χ4v) is 1.34. The molecule has 0 unspecified atom stereocenters. The average Bonchev–Trinajstić information content (AvgIpc) is 2.38. The van der Waals surface area contributed by atoms with E-state index in [1.165, 1.54) is 7.11 Å². The van der Waals surface area contributed by atoms with Crippen molar-refractivity contribution in [2.75, 3.05) is 27.3 Å². The van der Waals surface area contributed by atoms with E-state index < -0.39 is 0 Å². The molecule has 0 fully saturated rings. The molecule has 6 nitrogen and oxygen atoms in total. The van der Waals surface area contributed by atoms with Crippen molar-refractivity contribution in [3.8, 4) is 5.75 Å². The molecule has 1 rings (SSSR count). The van der Waals surface area contributed by atoms with Crippen molar-refractivity contribution in [1.29, 1.82) is 0 Å². The van der Waals surface area contributed by atoms with E-state index in [1.54, 1.807) is 19.3 Å². The molecule has 6 heteroatoms. The lowest BCUT2D eigenvalue weighted by atomic mass is 10.2. The van der Waals surface area contributed by atoms with Crippen LogP contribution in [0.5, 0.6) is 5.75 Å². The van der Waals surface area contributed by atoms with Crippen LogP contribution in [0.25, 0.3) is 0 Å². The number of carbonyl (C=O) groups excluding carboxylic acids is 1. The molecule has 1 heterocycles. The van der Waals surface area contributed by atoms with Crippen molar-refractivity contribution in [2.24, 2.45) is 0 Å². The van der Waals surface area contributed by atoms with Crippen molar-refractivity contribution < 1.29 is 14.6 Å². The lowest BCUT2D eigenvalue weighted by Gasteiger charge is -2.09. The molecule has 3 N–H and O–H groups in total. The fourth-order valence-electron chi connectivity index (χ4n) is 1.34. The zero-order chi connectivity index (χ0) is 12.7. The highest BCUT2D eigenvalue weighted by Crippen LogP contribution is 2.17. The average molecular weight is 239 g/mol. The number of nitrogens with zero attached hydrogens (tertiary/aromatic N) is 1. The molecule has 0 saturated heterocycles. The van der Waals surface area contributed by atoms with E-state index in [-0.39, 0.29) is 18.2 Å². The van der Waals surface area contributed by atoms with Gasteiger partial charge in [-0.25, -0.2) is 4.98 Å². The maximum atomic E-state index is 11.5. The number of aliphatic hydroxyl groups excluding tert-OH is 1. The third-order valence-electron chi connectivity index (χ3n) is 2.19. The lowest BCUT2D eigenvalue weighted by Crippen LogP contribution is -2.21. The second-order valence-electron chi connectivity index (χ2n) is 3.37. The van der Waals surface area contributed by atoms with Gasteiger partial charge in [0.1, 0.15) is 0 Å². The summed E-state index contributed by atoms with van der Waals surface area (Å²) in [6.45, 7) is 1.17. The Balaban J connectivity index is 2.81. The molecule has 0 aliphatic rings. The molecule has 0 bridgehead atoms. The van der Waals surface area contributed by atoms with E-state index in [4.69, 9.17) is 9.84 Å². The first-order chi connectivity index (χ1) is 8.22. The zero-order valence-corrected chi connectivity index (χ0v) is 9.99. The number of hydrogen-bond donors (Lipinski definition) is 3. The number of rotatable bonds is 6. The van der Waals surface area contributed by atoms with Crippen LogP contribution in [0.1, 0.15) is 16.1 Å². The van der Waals surface area contributed by atoms with Crippen molar-refractivity contribution in [3.63, 3.8) is 0 Å². The minimum Gasteiger partial charge on any atom is -0.494 e. The van der Waals surface area contributed by atoms with E-state index >= 15 is 0 Å². The molecule has 94 valence electrons. The minimum atomic E-state index is -0.281. The topological polar surface area (TPSA) is 83.5 Å². The van der Waals surface area contributed by atoms with Gasteiger partial charge in [-0.2, -0.15) is 0 Å². The lowest BCUT2D eigenvalue weighted by molar-refractivity contribution is 0.0955. The standard InChI is InChI=1S/C11H17N3O3/c1-12-11(16)10-9(17-2)5-8(7-14-10)6-13-3-4-15/h5,7,13,15H,3-4,6H2,1-2H3,(H,12,16). The number of carbonyl (C=O) groups is 1. The minimum absolute atomic E-state index is 0.0842. The van der Waals surface area contributed by atoms with Crippen LogP contribution in [0.4, 0.5) is 0 Å². The molecule has 0 atom stereocenters. The first kappa shape index (κ1) is 13.4. The Morgan fingerprint density at radius 1 is 1.59 bits per heavy atom. The summed E-state index contributed by atoms with van der Waals surface area (Å²) < 4.78 is 5.11. The molecule has 1 amide bonds. The molecule has 1 aromatic rings. The van der Waals surface area contributed by atoms with E-state index in [2.05, 4.69) is 15.6 Å². The van der Waals surface area contributed by atoms with Crippen LogP contribution in [0.2, 0.25) is 0 Å². The van der Waals surface area contributed by atoms with Gasteiger partial charge in [-0.3, -0.25) is 4.79 Å². The molecule has 0 aliphatic heterocycles. The Morgan fingerprint density at radius 2 is 2.35 bits per heavy atom. The Bertz CT molecular complexity index is 382. The normalized spacial score (nSPS) is 10.1. The molecule has 0 saturated carbocycles. The smallest absolute Gasteiger partial charge is 0.273 e. The van der Waals surface area contributed by atoms with Gasteiger partial charge < -0.3 is 20.5 Å². The molecule has 1 aromatic heterocycles. The van der Waals surface area contributed by atoms with Crippen LogP contribution in [0, 0.1) is 0 Å². The van der Waals surface area contributed by atoms with Gasteiger partial charge >= 0.3 is 0 Å². The Labute approximate surface area is 100 Å². The van der Waals surface area contributed by atoms with E-state index in [9.17, 15) is 4.79 Å². The predicted molar refractivity (Wildman–Crippen MR) is 63.0 cm³/mol. The number of aromatic nitrogens is 1. The van der Waals surface area contributed by atoms with Gasteiger partial charge in [0.05, 0.1) is 13.7 Å². The van der Waals surface area contributed by atoms with Crippen LogP contribution >= 0.6 is 0 Å². The first-order valence-electron chi connectivity index (χ1n) is 5.29. The van der Waals surface area contributed by atoms with Gasteiger partial charge in [0.25, 0.3) is 5.91 Å². The SMILES string of the molecule is CNC(=O)c1ncc(CNCCO)cc1OC. The molecular formula is C11H17N3O3. The van der Waals surface area contributed by atoms with Crippen molar-refractivity contribution in [1.82, 2.24) is 15.6 Å². The number of methoxy groups -OCH3 is 1. The van der Waals surface area contributed by atoms with Gasteiger partial charge in [0.2, 0.25) is 0 Å². The highest BCUT2D eigenvalue weighted by atomic mass is 16.5. The van der Waals surface area contributed by atoms with Gasteiger partial charge in [0.15, 0.2) is 11.4 Å². The summed E-state index contributed by atoms with van der Waals surface area (Å²) in [6, 6.07) is 1.75. The van der Waals surface area contributed by atoms with Crippen LogP contribution in [0.3, 0.4) is 0 Å². The Morgan fingerprint density at radius 3 is 2.94 bits per heavy atom. The van der Waals surface area contributed by atoms with Gasteiger partial charge in [-0.15, -0.1) is 0 Å². The Hall–Kier alpha value is -1.66. The van der Waals surface area contributed by atoms with Crippen molar-refractivity contribution >= 4 is 5.91 Å². The second-order valence-corrected chi connectivity index (χ2v) is 3.37. The highest BCUT2D eigenvalue weighted by molar-refractivity contribution is 5.94. The van der Waals surface area contributed by atoms with Gasteiger partial charge in [-0.1, -0.05) is 0 Å². The Kier molecular flexibility index (Phi) is 5.38. The summed E-state index contributed by atoms with van der Waals surface area (Å²) in [6.07, 6.45) is 1.61. The van der Waals surface area contributed by atoms with E-state index in [0.717, 1.165) is 5.56 Å². The number of pyridine rings is 1. The monoisotopic (exact) mass is 239 g/mol. The van der Waals surface area contributed by atoms with E-state index in [0.29, 0.717) is 18.8 Å².